The molecule has 0 spiro atoms. The SMILES string of the molecule is COC(=O)[C@@]12CC[C@]3(C)[C@H](CC[C@@H]4[C@@]5(C)CCC(OC(C)=O)C(C)(C)[C@@H]5CC[C@]43C)C1=C(C(C)C)C(=O)C2=O. The smallest absolute Gasteiger partial charge is 0.324 e. The van der Waals surface area contributed by atoms with Crippen LogP contribution in [0.15, 0.2) is 11.1 Å². The van der Waals surface area contributed by atoms with Crippen molar-refractivity contribution in [2.24, 2.45) is 50.7 Å². The van der Waals surface area contributed by atoms with Crippen LogP contribution in [0.5, 0.6) is 0 Å². The van der Waals surface area contributed by atoms with Crippen molar-refractivity contribution in [1.82, 2.24) is 0 Å². The van der Waals surface area contributed by atoms with Gasteiger partial charge in [-0.25, -0.2) is 0 Å². The Morgan fingerprint density at radius 1 is 0.846 bits per heavy atom. The molecule has 0 N–H and O–H groups in total. The first-order valence-corrected chi connectivity index (χ1v) is 15.1. The van der Waals surface area contributed by atoms with Crippen molar-refractivity contribution in [2.75, 3.05) is 7.11 Å². The van der Waals surface area contributed by atoms with Gasteiger partial charge in [0.05, 0.1) is 7.11 Å². The number of rotatable bonds is 3. The maximum atomic E-state index is 13.6. The van der Waals surface area contributed by atoms with E-state index in [-0.39, 0.29) is 45.6 Å². The molecule has 0 aromatic heterocycles. The lowest BCUT2D eigenvalue weighted by atomic mass is 9.33. The highest BCUT2D eigenvalue weighted by Crippen LogP contribution is 2.76. The Bertz CT molecular complexity index is 1160. The normalized spacial score (nSPS) is 44.8. The van der Waals surface area contributed by atoms with Gasteiger partial charge in [-0.2, -0.15) is 0 Å². The lowest BCUT2D eigenvalue weighted by molar-refractivity contribution is -0.232. The summed E-state index contributed by atoms with van der Waals surface area (Å²) >= 11 is 0. The minimum atomic E-state index is -1.44. The summed E-state index contributed by atoms with van der Waals surface area (Å²) in [6, 6.07) is 0. The fraction of sp³-hybridized carbons (Fsp3) is 0.818. The van der Waals surface area contributed by atoms with E-state index in [2.05, 4.69) is 34.6 Å². The molecule has 5 rings (SSSR count). The fourth-order valence-electron chi connectivity index (χ4n) is 11.3. The average molecular weight is 541 g/mol. The zero-order valence-corrected chi connectivity index (χ0v) is 25.5. The molecule has 6 heteroatoms. The van der Waals surface area contributed by atoms with Gasteiger partial charge in [-0.3, -0.25) is 19.2 Å². The van der Waals surface area contributed by atoms with Gasteiger partial charge in [0.15, 0.2) is 5.41 Å². The molecule has 5 aliphatic rings. The van der Waals surface area contributed by atoms with Crippen molar-refractivity contribution in [2.45, 2.75) is 113 Å². The van der Waals surface area contributed by atoms with Crippen molar-refractivity contribution < 1.29 is 28.7 Å². The zero-order chi connectivity index (χ0) is 28.9. The maximum absolute atomic E-state index is 13.6. The molecule has 0 aromatic rings. The number of ketones is 2. The van der Waals surface area contributed by atoms with Crippen LogP contribution in [-0.2, 0) is 28.7 Å². The number of carbonyl (C=O) groups is 4. The van der Waals surface area contributed by atoms with Crippen LogP contribution in [-0.4, -0.2) is 36.7 Å². The number of hydrogen-bond donors (Lipinski definition) is 0. The van der Waals surface area contributed by atoms with Gasteiger partial charge in [-0.15, -0.1) is 0 Å². The summed E-state index contributed by atoms with van der Waals surface area (Å²) in [5.74, 6) is -0.986. The molecule has 4 fully saturated rings. The highest BCUT2D eigenvalue weighted by atomic mass is 16.5. The lowest BCUT2D eigenvalue weighted by Crippen LogP contribution is -2.66. The zero-order valence-electron chi connectivity index (χ0n) is 25.5. The summed E-state index contributed by atoms with van der Waals surface area (Å²) in [5.41, 5.74) is -0.207. The molecule has 1 unspecified atom stereocenters. The van der Waals surface area contributed by atoms with E-state index in [9.17, 15) is 19.2 Å². The Labute approximate surface area is 234 Å². The van der Waals surface area contributed by atoms with Crippen molar-refractivity contribution in [3.05, 3.63) is 11.1 Å². The number of carbonyl (C=O) groups excluding carboxylic acids is 4. The number of hydrogen-bond acceptors (Lipinski definition) is 6. The first kappa shape index (κ1) is 28.5. The van der Waals surface area contributed by atoms with Gasteiger partial charge in [0.25, 0.3) is 0 Å². The van der Waals surface area contributed by atoms with E-state index in [0.29, 0.717) is 23.8 Å². The van der Waals surface area contributed by atoms with Crippen LogP contribution in [0.4, 0.5) is 0 Å². The van der Waals surface area contributed by atoms with Crippen LogP contribution >= 0.6 is 0 Å². The van der Waals surface area contributed by atoms with E-state index < -0.39 is 23.0 Å². The first-order chi connectivity index (χ1) is 18.0. The maximum Gasteiger partial charge on any atom is 0.324 e. The average Bonchev–Trinajstić information content (AvgIpc) is 3.08. The van der Waals surface area contributed by atoms with Gasteiger partial charge in [0, 0.05) is 17.9 Å². The fourth-order valence-corrected chi connectivity index (χ4v) is 11.3. The van der Waals surface area contributed by atoms with E-state index in [1.54, 1.807) is 0 Å². The molecule has 216 valence electrons. The molecule has 0 bridgehead atoms. The van der Waals surface area contributed by atoms with E-state index in [1.807, 2.05) is 13.8 Å². The summed E-state index contributed by atoms with van der Waals surface area (Å²) in [4.78, 5) is 52.4. The summed E-state index contributed by atoms with van der Waals surface area (Å²) in [7, 11) is 1.34. The quantitative estimate of drug-likeness (QED) is 0.239. The molecule has 5 aliphatic carbocycles. The van der Waals surface area contributed by atoms with E-state index in [1.165, 1.54) is 14.0 Å². The van der Waals surface area contributed by atoms with Crippen LogP contribution in [0.1, 0.15) is 107 Å². The van der Waals surface area contributed by atoms with Gasteiger partial charge in [-0.1, -0.05) is 48.5 Å². The molecule has 6 nitrogen and oxygen atoms in total. The number of allylic oxidation sites excluding steroid dienone is 1. The molecule has 39 heavy (non-hydrogen) atoms. The van der Waals surface area contributed by atoms with E-state index in [0.717, 1.165) is 50.5 Å². The second kappa shape index (κ2) is 8.76. The summed E-state index contributed by atoms with van der Waals surface area (Å²) < 4.78 is 11.1. The standard InChI is InChI=1S/C33H48O6/c1-18(2)24-25-20-10-11-22-30(6)14-13-23(39-19(3)34)29(4,5)21(30)12-15-32(22,8)31(20,7)16-17-33(25,28(37)38-9)27(36)26(24)35/h18,20-23H,10-17H2,1-9H3/t20-,21+,22-,23?,30+,31-,32-,33+/m1/s1. The lowest BCUT2D eigenvalue weighted by Gasteiger charge is -2.71. The highest BCUT2D eigenvalue weighted by molar-refractivity contribution is 6.52. The molecule has 8 atom stereocenters. The third kappa shape index (κ3) is 3.38. The van der Waals surface area contributed by atoms with Crippen molar-refractivity contribution >= 4 is 23.5 Å². The van der Waals surface area contributed by atoms with Crippen molar-refractivity contribution in [3.8, 4) is 0 Å². The monoisotopic (exact) mass is 540 g/mol. The Morgan fingerprint density at radius 3 is 2.10 bits per heavy atom. The number of esters is 2. The van der Waals surface area contributed by atoms with E-state index >= 15 is 0 Å². The second-order valence-corrected chi connectivity index (χ2v) is 15.1. The Balaban J connectivity index is 1.59. The Kier molecular flexibility index (Phi) is 6.41. The van der Waals surface area contributed by atoms with Gasteiger partial charge >= 0.3 is 11.9 Å². The molecule has 0 aliphatic heterocycles. The Morgan fingerprint density at radius 2 is 1.51 bits per heavy atom. The highest BCUT2D eigenvalue weighted by Gasteiger charge is 2.73. The summed E-state index contributed by atoms with van der Waals surface area (Å²) in [6.07, 6.45) is 6.93. The summed E-state index contributed by atoms with van der Waals surface area (Å²) in [6.45, 7) is 17.4. The van der Waals surface area contributed by atoms with Crippen LogP contribution in [0.2, 0.25) is 0 Å². The van der Waals surface area contributed by atoms with E-state index in [4.69, 9.17) is 9.47 Å². The third-order valence-electron chi connectivity index (χ3n) is 13.2. The largest absolute Gasteiger partial charge is 0.468 e. The van der Waals surface area contributed by atoms with Crippen molar-refractivity contribution in [1.29, 1.82) is 0 Å². The molecule has 0 amide bonds. The van der Waals surface area contributed by atoms with Gasteiger partial charge in [0.2, 0.25) is 11.6 Å². The molecule has 0 radical (unpaired) electrons. The molecular weight excluding hydrogens is 492 g/mol. The van der Waals surface area contributed by atoms with Crippen molar-refractivity contribution in [3.63, 3.8) is 0 Å². The molecule has 0 aromatic carbocycles. The molecule has 0 saturated heterocycles. The minimum Gasteiger partial charge on any atom is -0.468 e. The van der Waals surface area contributed by atoms with Crippen LogP contribution in [0.3, 0.4) is 0 Å². The molecule has 4 saturated carbocycles. The second-order valence-electron chi connectivity index (χ2n) is 15.1. The molecular formula is C33H48O6. The third-order valence-corrected chi connectivity index (χ3v) is 13.2. The minimum absolute atomic E-state index is 0.00241. The van der Waals surface area contributed by atoms with Crippen LogP contribution in [0, 0.1) is 50.7 Å². The summed E-state index contributed by atoms with van der Waals surface area (Å²) in [5, 5.41) is 0. The van der Waals surface area contributed by atoms with Gasteiger partial charge in [-0.05, 0) is 96.9 Å². The van der Waals surface area contributed by atoms with Crippen LogP contribution < -0.4 is 0 Å². The number of fused-ring (bicyclic) bond motifs is 7. The van der Waals surface area contributed by atoms with Crippen LogP contribution in [0.25, 0.3) is 0 Å². The number of Topliss-reactive ketones (excluding diaryl/α,β-unsaturated/α-hetero) is 2. The van der Waals surface area contributed by atoms with Gasteiger partial charge in [0.1, 0.15) is 6.10 Å². The molecule has 0 heterocycles. The predicted molar refractivity (Wildman–Crippen MR) is 147 cm³/mol. The van der Waals surface area contributed by atoms with Gasteiger partial charge < -0.3 is 9.47 Å². The Hall–Kier alpha value is -1.98. The first-order valence-electron chi connectivity index (χ1n) is 15.1. The predicted octanol–water partition coefficient (Wildman–Crippen LogP) is 6.25. The number of ether oxygens (including phenoxy) is 2. The topological polar surface area (TPSA) is 86.7 Å². The number of methoxy groups -OCH3 is 1.